The van der Waals surface area contributed by atoms with Crippen molar-refractivity contribution in [1.29, 1.82) is 0 Å². The summed E-state index contributed by atoms with van der Waals surface area (Å²) in [7, 11) is 0. The van der Waals surface area contributed by atoms with Gasteiger partial charge in [-0.25, -0.2) is 0 Å². The molecule has 1 N–H and O–H groups in total. The second-order valence-corrected chi connectivity index (χ2v) is 13.4. The number of nitrogens with one attached hydrogen (secondary N) is 1. The summed E-state index contributed by atoms with van der Waals surface area (Å²) in [4.78, 5) is 0. The van der Waals surface area contributed by atoms with Gasteiger partial charge in [0, 0.05) is 16.8 Å². The van der Waals surface area contributed by atoms with E-state index in [1.165, 1.54) is 66.8 Å². The average Bonchev–Trinajstić information content (AvgIpc) is 3.56. The van der Waals surface area contributed by atoms with Gasteiger partial charge in [-0.1, -0.05) is 153 Å². The van der Waals surface area contributed by atoms with Gasteiger partial charge >= 0.3 is 0 Å². The summed E-state index contributed by atoms with van der Waals surface area (Å²) >= 11 is 0. The monoisotopic (exact) mass is 601 g/mol. The molecule has 2 aliphatic carbocycles. The van der Waals surface area contributed by atoms with Crippen molar-refractivity contribution in [3.8, 4) is 33.4 Å². The fourth-order valence-electron chi connectivity index (χ4n) is 8.43. The molecule has 0 spiro atoms. The topological polar surface area (TPSA) is 12.0 Å². The van der Waals surface area contributed by atoms with Crippen LogP contribution in [0.1, 0.15) is 47.2 Å². The van der Waals surface area contributed by atoms with E-state index in [1.807, 2.05) is 6.07 Å². The fraction of sp³-hybridized carbons (Fsp3) is 0.0870. The Labute approximate surface area is 277 Å². The first-order valence-corrected chi connectivity index (χ1v) is 16.5. The SMILES string of the molecule is CC1(C)c2ccccc2-c2c(-c3cccc(C4(c5ccc(Nc6ccccc6)cc5)c5ccccc5-c5ccccc54)c3)cccc21. The van der Waals surface area contributed by atoms with Crippen LogP contribution in [0.2, 0.25) is 0 Å². The summed E-state index contributed by atoms with van der Waals surface area (Å²) in [6.45, 7) is 4.71. The number of anilines is 2. The van der Waals surface area contributed by atoms with Gasteiger partial charge in [0.15, 0.2) is 0 Å². The number of hydrogen-bond donors (Lipinski definition) is 1. The first kappa shape index (κ1) is 27.6. The molecule has 7 aromatic carbocycles. The van der Waals surface area contributed by atoms with Crippen LogP contribution in [0.25, 0.3) is 33.4 Å². The van der Waals surface area contributed by atoms with E-state index in [-0.39, 0.29) is 5.41 Å². The van der Waals surface area contributed by atoms with Gasteiger partial charge in [-0.3, -0.25) is 0 Å². The summed E-state index contributed by atoms with van der Waals surface area (Å²) in [5.74, 6) is 0. The maximum atomic E-state index is 3.58. The van der Waals surface area contributed by atoms with Gasteiger partial charge in [-0.2, -0.15) is 0 Å². The highest BCUT2D eigenvalue weighted by Crippen LogP contribution is 2.57. The van der Waals surface area contributed by atoms with E-state index < -0.39 is 5.41 Å². The Morgan fingerprint density at radius 2 is 0.915 bits per heavy atom. The van der Waals surface area contributed by atoms with Gasteiger partial charge in [-0.05, 0) is 97.1 Å². The first-order valence-electron chi connectivity index (χ1n) is 16.5. The molecule has 2 aliphatic rings. The Hall–Kier alpha value is -5.66. The smallest absolute Gasteiger partial charge is 0.0713 e. The van der Waals surface area contributed by atoms with Crippen LogP contribution in [-0.4, -0.2) is 0 Å². The van der Waals surface area contributed by atoms with Crippen molar-refractivity contribution in [2.45, 2.75) is 24.7 Å². The van der Waals surface area contributed by atoms with E-state index in [0.717, 1.165) is 11.4 Å². The van der Waals surface area contributed by atoms with E-state index in [0.29, 0.717) is 0 Å². The predicted molar refractivity (Wildman–Crippen MR) is 196 cm³/mol. The number of fused-ring (bicyclic) bond motifs is 6. The lowest BCUT2D eigenvalue weighted by Crippen LogP contribution is -2.28. The second-order valence-electron chi connectivity index (χ2n) is 13.4. The molecule has 224 valence electrons. The molecule has 0 bridgehead atoms. The van der Waals surface area contributed by atoms with Crippen LogP contribution >= 0.6 is 0 Å². The molecule has 0 aromatic heterocycles. The molecule has 0 aliphatic heterocycles. The normalized spacial score (nSPS) is 14.5. The second kappa shape index (κ2) is 10.4. The molecule has 1 heteroatoms. The van der Waals surface area contributed by atoms with E-state index >= 15 is 0 Å². The lowest BCUT2D eigenvalue weighted by atomic mass is 9.67. The molecule has 0 unspecified atom stereocenters. The Morgan fingerprint density at radius 3 is 1.62 bits per heavy atom. The zero-order valence-electron chi connectivity index (χ0n) is 26.7. The zero-order chi connectivity index (χ0) is 31.6. The lowest BCUT2D eigenvalue weighted by molar-refractivity contribution is 0.660. The molecule has 0 heterocycles. The third-order valence-electron chi connectivity index (χ3n) is 10.5. The van der Waals surface area contributed by atoms with Gasteiger partial charge in [-0.15, -0.1) is 0 Å². The molecular weight excluding hydrogens is 567 g/mol. The van der Waals surface area contributed by atoms with E-state index in [4.69, 9.17) is 0 Å². The molecule has 0 atom stereocenters. The Balaban J connectivity index is 1.27. The van der Waals surface area contributed by atoms with Gasteiger partial charge in [0.25, 0.3) is 0 Å². The number of para-hydroxylation sites is 1. The Bertz CT molecular complexity index is 2250. The third kappa shape index (κ3) is 4.03. The Morgan fingerprint density at radius 1 is 0.383 bits per heavy atom. The van der Waals surface area contributed by atoms with Crippen LogP contribution in [0, 0.1) is 0 Å². The molecule has 0 saturated heterocycles. The van der Waals surface area contributed by atoms with Crippen molar-refractivity contribution >= 4 is 11.4 Å². The predicted octanol–water partition coefficient (Wildman–Crippen LogP) is 11.8. The van der Waals surface area contributed by atoms with Crippen molar-refractivity contribution in [2.24, 2.45) is 0 Å². The minimum Gasteiger partial charge on any atom is -0.356 e. The van der Waals surface area contributed by atoms with Crippen LogP contribution in [0.15, 0.2) is 170 Å². The molecule has 0 amide bonds. The minimum atomic E-state index is -0.469. The third-order valence-corrected chi connectivity index (χ3v) is 10.5. The van der Waals surface area contributed by atoms with Crippen molar-refractivity contribution in [3.05, 3.63) is 203 Å². The van der Waals surface area contributed by atoms with E-state index in [1.54, 1.807) is 0 Å². The van der Waals surface area contributed by atoms with Gasteiger partial charge in [0.1, 0.15) is 0 Å². The molecule has 47 heavy (non-hydrogen) atoms. The molecule has 9 rings (SSSR count). The van der Waals surface area contributed by atoms with E-state index in [2.05, 4.69) is 183 Å². The summed E-state index contributed by atoms with van der Waals surface area (Å²) < 4.78 is 0. The standard InChI is InChI=1S/C46H35N/c1-45(2)40-22-9-8-20-39(40)44-36(21-13-25-43(44)45)31-14-12-15-33(30-31)46(32-26-28-35(29-27-32)47-34-16-4-3-5-17-34)41-23-10-6-18-37(41)38-19-7-11-24-42(38)46/h3-30,47H,1-2H3. The summed E-state index contributed by atoms with van der Waals surface area (Å²) in [5, 5.41) is 3.58. The highest BCUT2D eigenvalue weighted by Gasteiger charge is 2.46. The van der Waals surface area contributed by atoms with Crippen molar-refractivity contribution in [1.82, 2.24) is 0 Å². The highest BCUT2D eigenvalue weighted by molar-refractivity contribution is 5.93. The van der Waals surface area contributed by atoms with Gasteiger partial charge < -0.3 is 5.32 Å². The number of rotatable bonds is 5. The summed E-state index contributed by atoms with van der Waals surface area (Å²) in [6, 6.07) is 62.6. The van der Waals surface area contributed by atoms with E-state index in [9.17, 15) is 0 Å². The molecular formula is C46H35N. The highest BCUT2D eigenvalue weighted by atomic mass is 14.9. The Kier molecular flexibility index (Phi) is 6.14. The van der Waals surface area contributed by atoms with Crippen LogP contribution in [0.3, 0.4) is 0 Å². The zero-order valence-corrected chi connectivity index (χ0v) is 26.7. The maximum absolute atomic E-state index is 3.58. The maximum Gasteiger partial charge on any atom is 0.0713 e. The van der Waals surface area contributed by atoms with Crippen LogP contribution in [-0.2, 0) is 10.8 Å². The number of hydrogen-bond acceptors (Lipinski definition) is 1. The minimum absolute atomic E-state index is 0.0420. The fourth-order valence-corrected chi connectivity index (χ4v) is 8.43. The number of benzene rings is 7. The lowest BCUT2D eigenvalue weighted by Gasteiger charge is -2.34. The van der Waals surface area contributed by atoms with Crippen LogP contribution < -0.4 is 5.32 Å². The van der Waals surface area contributed by atoms with Gasteiger partial charge in [0.2, 0.25) is 0 Å². The summed E-state index contributed by atoms with van der Waals surface area (Å²) in [5.41, 5.74) is 17.5. The van der Waals surface area contributed by atoms with Crippen LogP contribution in [0.4, 0.5) is 11.4 Å². The van der Waals surface area contributed by atoms with Crippen molar-refractivity contribution in [3.63, 3.8) is 0 Å². The quantitative estimate of drug-likeness (QED) is 0.207. The average molecular weight is 602 g/mol. The summed E-state index contributed by atoms with van der Waals surface area (Å²) in [6.07, 6.45) is 0. The molecule has 1 nitrogen and oxygen atoms in total. The largest absolute Gasteiger partial charge is 0.356 e. The van der Waals surface area contributed by atoms with Crippen LogP contribution in [0.5, 0.6) is 0 Å². The molecule has 7 aromatic rings. The molecule has 0 fully saturated rings. The molecule has 0 saturated carbocycles. The van der Waals surface area contributed by atoms with Gasteiger partial charge in [0.05, 0.1) is 5.41 Å². The van der Waals surface area contributed by atoms with Crippen molar-refractivity contribution in [2.75, 3.05) is 5.32 Å². The molecule has 0 radical (unpaired) electrons. The first-order chi connectivity index (χ1) is 23.1. The van der Waals surface area contributed by atoms with Crippen molar-refractivity contribution < 1.29 is 0 Å².